The van der Waals surface area contributed by atoms with Crippen molar-refractivity contribution >= 4 is 17.7 Å². The fourth-order valence-electron chi connectivity index (χ4n) is 4.00. The van der Waals surface area contributed by atoms with E-state index in [1.165, 1.54) is 0 Å². The molecule has 1 unspecified atom stereocenters. The van der Waals surface area contributed by atoms with Gasteiger partial charge in [-0.15, -0.1) is 0 Å². The molecule has 3 heterocycles. The second-order valence-corrected chi connectivity index (χ2v) is 6.88. The van der Waals surface area contributed by atoms with Gasteiger partial charge in [0.15, 0.2) is 5.96 Å². The third-order valence-corrected chi connectivity index (χ3v) is 5.57. The Kier molecular flexibility index (Phi) is 3.15. The summed E-state index contributed by atoms with van der Waals surface area (Å²) in [7, 11) is 1.62. The highest BCUT2D eigenvalue weighted by Gasteiger charge is 2.63. The van der Waals surface area contributed by atoms with Gasteiger partial charge in [0.1, 0.15) is 6.10 Å². The minimum atomic E-state index is -0.310. The second kappa shape index (κ2) is 4.98. The second-order valence-electron chi connectivity index (χ2n) is 6.88. The minimum absolute atomic E-state index is 0.0628. The van der Waals surface area contributed by atoms with E-state index in [4.69, 9.17) is 10.6 Å². The molecular formula is C14H22N6O3. The zero-order chi connectivity index (χ0) is 16.2. The van der Waals surface area contributed by atoms with Gasteiger partial charge in [-0.3, -0.25) is 10.2 Å². The van der Waals surface area contributed by atoms with Crippen molar-refractivity contribution < 1.29 is 14.8 Å². The summed E-state index contributed by atoms with van der Waals surface area (Å²) >= 11 is 0. The molecule has 3 aliphatic heterocycles. The molecule has 0 aromatic carbocycles. The largest absolute Gasteiger partial charge is 0.390 e. The topological polar surface area (TPSA) is 116 Å². The summed E-state index contributed by atoms with van der Waals surface area (Å²) in [6.45, 7) is 1.11. The van der Waals surface area contributed by atoms with E-state index >= 15 is 0 Å². The molecule has 1 spiro atoms. The van der Waals surface area contributed by atoms with E-state index < -0.39 is 0 Å². The number of fused-ring (bicyclic) bond motifs is 3. The molecule has 4 aliphatic rings. The van der Waals surface area contributed by atoms with Crippen LogP contribution in [0.2, 0.25) is 0 Å². The number of hydrogen-bond acceptors (Lipinski definition) is 5. The van der Waals surface area contributed by atoms with Crippen molar-refractivity contribution in [1.82, 2.24) is 15.3 Å². The van der Waals surface area contributed by atoms with Gasteiger partial charge in [0, 0.05) is 20.0 Å². The summed E-state index contributed by atoms with van der Waals surface area (Å²) < 4.78 is 0. The summed E-state index contributed by atoms with van der Waals surface area (Å²) in [5.74, 6) is 0.366. The number of aliphatic imine (C=N–C) groups is 1. The highest BCUT2D eigenvalue weighted by Crippen LogP contribution is 2.59. The Hall–Kier alpha value is -2.03. The lowest BCUT2D eigenvalue weighted by atomic mass is 9.83. The number of carbonyl (C=O) groups is 1. The molecule has 2 bridgehead atoms. The minimum Gasteiger partial charge on any atom is -0.390 e. The maximum Gasteiger partial charge on any atom is 0.344 e. The van der Waals surface area contributed by atoms with E-state index in [-0.39, 0.29) is 29.6 Å². The van der Waals surface area contributed by atoms with Gasteiger partial charge < -0.3 is 20.8 Å². The maximum atomic E-state index is 12.3. The fourth-order valence-corrected chi connectivity index (χ4v) is 4.00. The first kappa shape index (κ1) is 14.6. The number of rotatable bonds is 3. The maximum absolute atomic E-state index is 12.3. The van der Waals surface area contributed by atoms with Crippen LogP contribution in [-0.4, -0.2) is 71.2 Å². The first-order valence-corrected chi connectivity index (χ1v) is 8.01. The zero-order valence-corrected chi connectivity index (χ0v) is 13.1. The van der Waals surface area contributed by atoms with Gasteiger partial charge >= 0.3 is 6.03 Å². The Balaban J connectivity index is 1.44. The van der Waals surface area contributed by atoms with Crippen molar-refractivity contribution in [3.8, 4) is 0 Å². The number of urea groups is 1. The van der Waals surface area contributed by atoms with Crippen LogP contribution in [0, 0.1) is 5.41 Å². The number of nitrogens with zero attached hydrogens (tertiary/aromatic N) is 4. The Labute approximate surface area is 134 Å². The van der Waals surface area contributed by atoms with Crippen LogP contribution >= 0.6 is 0 Å². The molecule has 0 aromatic heterocycles. The van der Waals surface area contributed by atoms with Crippen LogP contribution in [0.25, 0.3) is 0 Å². The highest BCUT2D eigenvalue weighted by atomic mass is 16.6. The normalized spacial score (nSPS) is 34.7. The lowest BCUT2D eigenvalue weighted by molar-refractivity contribution is -0.0775. The standard InChI is InChI=1S/C14H22N6O3/c1-16-12(15)17-6-8-4-9(18-23-8)10-5-14(2-3-14)11-7-19(10)13(21)20(11)22/h8,10-11,22H,2-7H2,1H3,(H3,15,16,17)/t8?,10-,11+/m0/s1. The molecule has 1 aliphatic carbocycles. The number of nitrogens with two attached hydrogens (primary N) is 1. The summed E-state index contributed by atoms with van der Waals surface area (Å²) in [6.07, 6.45) is 3.54. The Morgan fingerprint density at radius 3 is 3.09 bits per heavy atom. The van der Waals surface area contributed by atoms with E-state index in [9.17, 15) is 10.0 Å². The lowest BCUT2D eigenvalue weighted by Crippen LogP contribution is -2.49. The van der Waals surface area contributed by atoms with E-state index in [2.05, 4.69) is 15.5 Å². The van der Waals surface area contributed by atoms with Crippen LogP contribution in [0.3, 0.4) is 0 Å². The van der Waals surface area contributed by atoms with Crippen molar-refractivity contribution in [2.45, 2.75) is 43.9 Å². The molecule has 3 atom stereocenters. The first-order chi connectivity index (χ1) is 11.0. The van der Waals surface area contributed by atoms with E-state index in [1.807, 2.05) is 0 Å². The highest BCUT2D eigenvalue weighted by molar-refractivity contribution is 5.94. The van der Waals surface area contributed by atoms with Crippen LogP contribution < -0.4 is 11.1 Å². The number of amides is 2. The lowest BCUT2D eigenvalue weighted by Gasteiger charge is -2.36. The fraction of sp³-hybridized carbons (Fsp3) is 0.786. The molecule has 0 aromatic rings. The SMILES string of the molecule is C/N=C(/N)NCC1CC([C@@H]2CC3(CC3)[C@H]3CN2C(=O)N3O)=NO1. The number of guanidine groups is 1. The predicted octanol–water partition coefficient (Wildman–Crippen LogP) is -0.287. The van der Waals surface area contributed by atoms with Crippen molar-refractivity contribution in [3.63, 3.8) is 0 Å². The smallest absolute Gasteiger partial charge is 0.344 e. The summed E-state index contributed by atoms with van der Waals surface area (Å²) in [5, 5.41) is 18.2. The number of hydrogen-bond donors (Lipinski definition) is 3. The van der Waals surface area contributed by atoms with Gasteiger partial charge in [-0.25, -0.2) is 9.86 Å². The van der Waals surface area contributed by atoms with Crippen LogP contribution in [0.4, 0.5) is 4.79 Å². The molecule has 9 nitrogen and oxygen atoms in total. The molecular weight excluding hydrogens is 300 g/mol. The summed E-state index contributed by atoms with van der Waals surface area (Å²) in [5.41, 5.74) is 6.57. The van der Waals surface area contributed by atoms with Crippen LogP contribution in [0.1, 0.15) is 25.7 Å². The molecule has 2 saturated heterocycles. The van der Waals surface area contributed by atoms with Crippen LogP contribution in [-0.2, 0) is 4.84 Å². The zero-order valence-electron chi connectivity index (χ0n) is 13.1. The Bertz CT molecular complexity index is 587. The van der Waals surface area contributed by atoms with E-state index in [0.717, 1.165) is 30.0 Å². The Morgan fingerprint density at radius 1 is 1.61 bits per heavy atom. The summed E-state index contributed by atoms with van der Waals surface area (Å²) in [4.78, 5) is 23.3. The molecule has 3 fully saturated rings. The van der Waals surface area contributed by atoms with Crippen molar-refractivity contribution in [3.05, 3.63) is 0 Å². The summed E-state index contributed by atoms with van der Waals surface area (Å²) in [6, 6.07) is -0.441. The molecule has 2 amide bonds. The molecule has 126 valence electrons. The third kappa shape index (κ3) is 2.21. The van der Waals surface area contributed by atoms with Gasteiger partial charge in [-0.05, 0) is 24.7 Å². The molecule has 23 heavy (non-hydrogen) atoms. The van der Waals surface area contributed by atoms with E-state index in [1.54, 1.807) is 11.9 Å². The number of nitrogens with one attached hydrogen (secondary N) is 1. The van der Waals surface area contributed by atoms with Gasteiger partial charge in [0.2, 0.25) is 0 Å². The first-order valence-electron chi connectivity index (χ1n) is 8.01. The number of hydroxylamine groups is 2. The molecule has 0 radical (unpaired) electrons. The average Bonchev–Trinajstić information content (AvgIpc) is 3.06. The average molecular weight is 322 g/mol. The quantitative estimate of drug-likeness (QED) is 0.375. The molecule has 9 heteroatoms. The van der Waals surface area contributed by atoms with Gasteiger partial charge in [0.05, 0.1) is 24.3 Å². The Morgan fingerprint density at radius 2 is 2.39 bits per heavy atom. The van der Waals surface area contributed by atoms with Crippen molar-refractivity contribution in [1.29, 1.82) is 0 Å². The number of piperidine rings is 1. The van der Waals surface area contributed by atoms with E-state index in [0.29, 0.717) is 25.5 Å². The third-order valence-electron chi connectivity index (χ3n) is 5.57. The van der Waals surface area contributed by atoms with Crippen LogP contribution in [0.15, 0.2) is 10.1 Å². The van der Waals surface area contributed by atoms with Crippen molar-refractivity contribution in [2.24, 2.45) is 21.3 Å². The molecule has 4 N–H and O–H groups in total. The number of carbonyl (C=O) groups excluding carboxylic acids is 1. The molecule has 4 rings (SSSR count). The van der Waals surface area contributed by atoms with Crippen LogP contribution in [0.5, 0.6) is 0 Å². The number of oxime groups is 1. The molecule has 1 saturated carbocycles. The van der Waals surface area contributed by atoms with Gasteiger partial charge in [-0.2, -0.15) is 0 Å². The predicted molar refractivity (Wildman–Crippen MR) is 82.1 cm³/mol. The van der Waals surface area contributed by atoms with Gasteiger partial charge in [0.25, 0.3) is 0 Å². The van der Waals surface area contributed by atoms with Gasteiger partial charge in [-0.1, -0.05) is 5.16 Å². The monoisotopic (exact) mass is 322 g/mol. The van der Waals surface area contributed by atoms with Crippen molar-refractivity contribution in [2.75, 3.05) is 20.1 Å².